The lowest BCUT2D eigenvalue weighted by atomic mass is 9.81. The van der Waals surface area contributed by atoms with E-state index in [0.717, 1.165) is 4.90 Å². The number of anilines is 1. The monoisotopic (exact) mass is 429 g/mol. The van der Waals surface area contributed by atoms with Gasteiger partial charge in [-0.25, -0.2) is 4.79 Å². The number of amides is 2. The first kappa shape index (κ1) is 15.7. The average Bonchev–Trinajstić information content (AvgIpc) is 2.71. The molecule has 116 valence electrons. The second-order valence-electron chi connectivity index (χ2n) is 5.58. The molecule has 0 radical (unpaired) electrons. The van der Waals surface area contributed by atoms with Crippen molar-refractivity contribution in [3.8, 4) is 0 Å². The highest BCUT2D eigenvalue weighted by molar-refractivity contribution is 9.12. The molecule has 3 rings (SSSR count). The maximum atomic E-state index is 12.6. The van der Waals surface area contributed by atoms with E-state index in [0.29, 0.717) is 18.5 Å². The van der Waals surface area contributed by atoms with Crippen molar-refractivity contribution < 1.29 is 19.5 Å². The van der Waals surface area contributed by atoms with E-state index in [-0.39, 0.29) is 38.9 Å². The Bertz CT molecular complexity index is 635. The summed E-state index contributed by atoms with van der Waals surface area (Å²) in [7, 11) is 0. The fourth-order valence-corrected chi connectivity index (χ4v) is 4.36. The molecule has 1 aliphatic carbocycles. The molecule has 0 aromatic heterocycles. The number of nitrogens with zero attached hydrogens (tertiary/aromatic N) is 1. The van der Waals surface area contributed by atoms with Crippen LogP contribution in [0.1, 0.15) is 23.2 Å². The van der Waals surface area contributed by atoms with Gasteiger partial charge in [-0.1, -0.05) is 37.9 Å². The van der Waals surface area contributed by atoms with Gasteiger partial charge in [0.1, 0.15) is 0 Å². The Morgan fingerprint density at radius 1 is 1.09 bits per heavy atom. The Kier molecular flexibility index (Phi) is 4.11. The van der Waals surface area contributed by atoms with Gasteiger partial charge in [-0.05, 0) is 31.0 Å². The Balaban J connectivity index is 1.95. The summed E-state index contributed by atoms with van der Waals surface area (Å²) in [4.78, 5) is 37.7. The third-order valence-electron chi connectivity index (χ3n) is 4.26. The maximum absolute atomic E-state index is 12.6. The number of fused-ring (bicyclic) bond motifs is 1. The smallest absolute Gasteiger partial charge is 0.335 e. The molecule has 22 heavy (non-hydrogen) atoms. The molecule has 0 bridgehead atoms. The zero-order valence-electron chi connectivity index (χ0n) is 11.4. The van der Waals surface area contributed by atoms with E-state index >= 15 is 0 Å². The van der Waals surface area contributed by atoms with Crippen LogP contribution in [0.2, 0.25) is 0 Å². The lowest BCUT2D eigenvalue weighted by molar-refractivity contribution is -0.122. The van der Waals surface area contributed by atoms with Crippen LogP contribution in [0.3, 0.4) is 0 Å². The Morgan fingerprint density at radius 3 is 2.14 bits per heavy atom. The molecule has 2 amide bonds. The van der Waals surface area contributed by atoms with Crippen LogP contribution in [-0.2, 0) is 9.59 Å². The van der Waals surface area contributed by atoms with Gasteiger partial charge in [0.05, 0.1) is 23.1 Å². The number of carbonyl (C=O) groups is 3. The summed E-state index contributed by atoms with van der Waals surface area (Å²) in [6.45, 7) is 0. The number of rotatable bonds is 2. The minimum atomic E-state index is -1.08. The van der Waals surface area contributed by atoms with Gasteiger partial charge in [-0.15, -0.1) is 0 Å². The van der Waals surface area contributed by atoms with Crippen molar-refractivity contribution in [3.63, 3.8) is 0 Å². The Labute approximate surface area is 143 Å². The second kappa shape index (κ2) is 5.77. The van der Waals surface area contributed by atoms with E-state index in [1.54, 1.807) is 12.1 Å². The van der Waals surface area contributed by atoms with Crippen molar-refractivity contribution in [3.05, 3.63) is 29.8 Å². The number of imide groups is 1. The molecule has 1 N–H and O–H groups in total. The fraction of sp³-hybridized carbons (Fsp3) is 0.400. The quantitative estimate of drug-likeness (QED) is 0.578. The van der Waals surface area contributed by atoms with E-state index in [4.69, 9.17) is 5.11 Å². The van der Waals surface area contributed by atoms with Crippen LogP contribution in [0, 0.1) is 11.8 Å². The van der Waals surface area contributed by atoms with Gasteiger partial charge in [-0.3, -0.25) is 14.5 Å². The number of aromatic carboxylic acids is 1. The minimum absolute atomic E-state index is 0.0599. The predicted octanol–water partition coefficient (Wildman–Crippen LogP) is 2.81. The molecular formula is C15H13Br2NO4. The van der Waals surface area contributed by atoms with Crippen molar-refractivity contribution >= 4 is 55.3 Å². The average molecular weight is 431 g/mol. The van der Waals surface area contributed by atoms with Gasteiger partial charge in [0, 0.05) is 9.65 Å². The molecule has 7 heteroatoms. The molecule has 1 saturated carbocycles. The molecule has 4 atom stereocenters. The summed E-state index contributed by atoms with van der Waals surface area (Å²) in [5.74, 6) is -2.22. The number of alkyl halides is 2. The third-order valence-corrected chi connectivity index (χ3v) is 7.00. The van der Waals surface area contributed by atoms with E-state index in [1.807, 2.05) is 0 Å². The van der Waals surface area contributed by atoms with Crippen LogP contribution < -0.4 is 4.90 Å². The number of carboxylic acids is 1. The zero-order chi connectivity index (χ0) is 16.0. The highest BCUT2D eigenvalue weighted by Crippen LogP contribution is 2.44. The number of hydrogen-bond donors (Lipinski definition) is 1. The fourth-order valence-electron chi connectivity index (χ4n) is 3.13. The van der Waals surface area contributed by atoms with Crippen LogP contribution in [0.25, 0.3) is 0 Å². The number of carbonyl (C=O) groups excluding carboxylic acids is 2. The molecule has 1 saturated heterocycles. The molecule has 1 heterocycles. The first-order valence-electron chi connectivity index (χ1n) is 6.89. The lowest BCUT2D eigenvalue weighted by Crippen LogP contribution is -2.34. The van der Waals surface area contributed by atoms with Crippen molar-refractivity contribution in [2.24, 2.45) is 11.8 Å². The van der Waals surface area contributed by atoms with Crippen molar-refractivity contribution in [1.82, 2.24) is 0 Å². The summed E-state index contributed by atoms with van der Waals surface area (Å²) in [6, 6.07) is 5.94. The Morgan fingerprint density at radius 2 is 1.64 bits per heavy atom. The predicted molar refractivity (Wildman–Crippen MR) is 87.5 cm³/mol. The second-order valence-corrected chi connectivity index (χ2v) is 7.94. The molecule has 2 aliphatic rings. The zero-order valence-corrected chi connectivity index (χ0v) is 14.6. The van der Waals surface area contributed by atoms with Crippen LogP contribution >= 0.6 is 31.9 Å². The molecular weight excluding hydrogens is 418 g/mol. The first-order chi connectivity index (χ1) is 10.4. The van der Waals surface area contributed by atoms with Crippen molar-refractivity contribution in [1.29, 1.82) is 0 Å². The highest BCUT2D eigenvalue weighted by atomic mass is 79.9. The molecule has 3 unspecified atom stereocenters. The van der Waals surface area contributed by atoms with E-state index < -0.39 is 5.97 Å². The number of carboxylic acid groups (broad SMARTS) is 1. The van der Waals surface area contributed by atoms with Gasteiger partial charge in [0.25, 0.3) is 0 Å². The number of hydrogen-bond acceptors (Lipinski definition) is 3. The summed E-state index contributed by atoms with van der Waals surface area (Å²) in [5, 5.41) is 9.06. The van der Waals surface area contributed by atoms with Crippen molar-refractivity contribution in [2.75, 3.05) is 4.90 Å². The molecule has 1 aliphatic heterocycles. The van der Waals surface area contributed by atoms with Crippen molar-refractivity contribution in [2.45, 2.75) is 22.5 Å². The topological polar surface area (TPSA) is 74.7 Å². The highest BCUT2D eigenvalue weighted by Gasteiger charge is 2.52. The summed E-state index contributed by atoms with van der Waals surface area (Å²) >= 11 is 7.08. The SMILES string of the molecule is O=C(O)c1cccc(N2C(=O)C3CC(Br)[C@@H](Br)CC3C2=O)c1. The molecule has 0 spiro atoms. The van der Waals surface area contributed by atoms with E-state index in [9.17, 15) is 14.4 Å². The molecule has 5 nitrogen and oxygen atoms in total. The van der Waals surface area contributed by atoms with E-state index in [1.165, 1.54) is 12.1 Å². The molecule has 1 aromatic carbocycles. The number of benzene rings is 1. The van der Waals surface area contributed by atoms with Gasteiger partial charge >= 0.3 is 5.97 Å². The van der Waals surface area contributed by atoms with Crippen LogP contribution in [0.15, 0.2) is 24.3 Å². The largest absolute Gasteiger partial charge is 0.478 e. The van der Waals surface area contributed by atoms with Crippen LogP contribution in [0.4, 0.5) is 5.69 Å². The summed E-state index contributed by atoms with van der Waals surface area (Å²) in [5.41, 5.74) is 0.395. The third kappa shape index (κ3) is 2.50. The van der Waals surface area contributed by atoms with Gasteiger partial charge in [0.2, 0.25) is 11.8 Å². The van der Waals surface area contributed by atoms with Crippen LogP contribution in [0.5, 0.6) is 0 Å². The van der Waals surface area contributed by atoms with Gasteiger partial charge in [0.15, 0.2) is 0 Å². The molecule has 1 aromatic rings. The first-order valence-corrected chi connectivity index (χ1v) is 8.72. The van der Waals surface area contributed by atoms with Gasteiger partial charge < -0.3 is 5.11 Å². The summed E-state index contributed by atoms with van der Waals surface area (Å²) in [6.07, 6.45) is 1.19. The standard InChI is InChI=1S/C15H13Br2NO4/c16-11-5-9-10(6-12(11)17)14(20)18(13(9)19)8-3-1-2-7(4-8)15(21)22/h1-4,9-12H,5-6H2,(H,21,22)/t9?,10?,11-,12?/m0/s1. The minimum Gasteiger partial charge on any atom is -0.478 e. The molecule has 2 fully saturated rings. The normalized spacial score (nSPS) is 31.3. The number of halogens is 2. The van der Waals surface area contributed by atoms with Crippen LogP contribution in [-0.4, -0.2) is 32.5 Å². The Hall–Kier alpha value is -1.21. The maximum Gasteiger partial charge on any atom is 0.335 e. The van der Waals surface area contributed by atoms with E-state index in [2.05, 4.69) is 31.9 Å². The van der Waals surface area contributed by atoms with Gasteiger partial charge in [-0.2, -0.15) is 0 Å². The summed E-state index contributed by atoms with van der Waals surface area (Å²) < 4.78 is 0. The lowest BCUT2D eigenvalue weighted by Gasteiger charge is -2.29.